The molecule has 3 fully saturated rings. The van der Waals surface area contributed by atoms with Gasteiger partial charge in [0.15, 0.2) is 11.6 Å². The predicted molar refractivity (Wildman–Crippen MR) is 125 cm³/mol. The Morgan fingerprint density at radius 1 is 1.00 bits per heavy atom. The van der Waals surface area contributed by atoms with E-state index >= 15 is 0 Å². The van der Waals surface area contributed by atoms with Crippen molar-refractivity contribution in [1.82, 2.24) is 4.90 Å². The second kappa shape index (κ2) is 11.8. The van der Waals surface area contributed by atoms with Crippen LogP contribution in [0.15, 0.2) is 12.1 Å². The second-order valence-electron chi connectivity index (χ2n) is 9.21. The maximum Gasteiger partial charge on any atom is 0.233 e. The van der Waals surface area contributed by atoms with Crippen molar-refractivity contribution in [3.8, 4) is 0 Å². The van der Waals surface area contributed by atoms with Gasteiger partial charge in [-0.2, -0.15) is 0 Å². The highest BCUT2D eigenvalue weighted by atomic mass is 32.2. The van der Waals surface area contributed by atoms with Gasteiger partial charge >= 0.3 is 0 Å². The summed E-state index contributed by atoms with van der Waals surface area (Å²) in [5.74, 6) is -2.01. The van der Waals surface area contributed by atoms with E-state index in [0.717, 1.165) is 31.7 Å². The molecule has 32 heavy (non-hydrogen) atoms. The van der Waals surface area contributed by atoms with Crippen molar-refractivity contribution in [3.63, 3.8) is 0 Å². The Kier molecular flexibility index (Phi) is 9.35. The molecule has 3 aliphatic rings. The number of carbonyl (C=O) groups is 1. The number of amides is 1. The van der Waals surface area contributed by atoms with E-state index < -0.39 is 17.5 Å². The van der Waals surface area contributed by atoms with E-state index in [0.29, 0.717) is 17.1 Å². The first-order valence-electron chi connectivity index (χ1n) is 12.2. The summed E-state index contributed by atoms with van der Waals surface area (Å²) < 4.78 is 40.7. The Hall–Kier alpha value is -1.21. The molecule has 1 aliphatic carbocycles. The third-order valence-electron chi connectivity index (χ3n) is 7.20. The molecule has 1 aromatic carbocycles. The van der Waals surface area contributed by atoms with Gasteiger partial charge in [0.2, 0.25) is 5.91 Å². The molecular weight excluding hydrogens is 433 g/mol. The summed E-state index contributed by atoms with van der Waals surface area (Å²) in [4.78, 5) is 15.0. The first-order chi connectivity index (χ1) is 15.4. The number of benzene rings is 1. The molecule has 2 N–H and O–H groups in total. The van der Waals surface area contributed by atoms with Crippen molar-refractivity contribution in [2.24, 2.45) is 11.7 Å². The average Bonchev–Trinajstić information content (AvgIpc) is 3.07. The van der Waals surface area contributed by atoms with Gasteiger partial charge in [0, 0.05) is 29.4 Å². The summed E-state index contributed by atoms with van der Waals surface area (Å²) in [6.07, 6.45) is 10.1. The van der Waals surface area contributed by atoms with Crippen LogP contribution in [0.1, 0.15) is 77.2 Å². The van der Waals surface area contributed by atoms with Crippen molar-refractivity contribution in [3.05, 3.63) is 35.1 Å². The number of hydrogen-bond donors (Lipinski definition) is 1. The van der Waals surface area contributed by atoms with Gasteiger partial charge in [0.25, 0.3) is 0 Å². The van der Waals surface area contributed by atoms with Gasteiger partial charge in [0.1, 0.15) is 5.82 Å². The fraction of sp³-hybridized carbons (Fsp3) is 0.720. The minimum Gasteiger partial charge on any atom is -0.336 e. The zero-order valence-corrected chi connectivity index (χ0v) is 20.1. The van der Waals surface area contributed by atoms with Crippen molar-refractivity contribution in [1.29, 1.82) is 0 Å². The van der Waals surface area contributed by atoms with Crippen LogP contribution in [0.3, 0.4) is 0 Å². The monoisotopic (exact) mass is 470 g/mol. The Balaban J connectivity index is 0.00000141. The van der Waals surface area contributed by atoms with Crippen molar-refractivity contribution in [2.45, 2.75) is 101 Å². The standard InChI is InChI=1S/C23H31F3N2OS.C2H6/c24-19-12-21(26)20(25)10-14(19)11-22(27)15-8-16-6-7-17(9-15)28(16)23(29)13-30-18-4-2-1-3-5-18;1-2/h10,12,15-18,22H,1-9,11,13,27H2;1-2H3/t15?,16-,17+,22?;. The first kappa shape index (κ1) is 25.4. The molecule has 0 spiro atoms. The SMILES string of the molecule is CC.NC(Cc1cc(F)c(F)cc1F)C1C[C@H]2CC[C@@H](C1)N2C(=O)CSC1CCCCC1. The molecule has 2 saturated heterocycles. The molecule has 1 amide bonds. The van der Waals surface area contributed by atoms with Crippen molar-refractivity contribution >= 4 is 17.7 Å². The predicted octanol–water partition coefficient (Wildman–Crippen LogP) is 5.84. The molecule has 4 atom stereocenters. The third-order valence-corrected chi connectivity index (χ3v) is 8.56. The lowest BCUT2D eigenvalue weighted by Crippen LogP contribution is -2.51. The summed E-state index contributed by atoms with van der Waals surface area (Å²) in [6, 6.07) is 1.58. The molecular formula is C25H37F3N2OS. The van der Waals surface area contributed by atoms with E-state index in [1.165, 1.54) is 32.1 Å². The van der Waals surface area contributed by atoms with Gasteiger partial charge in [-0.3, -0.25) is 4.79 Å². The topological polar surface area (TPSA) is 46.3 Å². The molecule has 180 valence electrons. The van der Waals surface area contributed by atoms with Gasteiger partial charge in [-0.15, -0.1) is 11.8 Å². The molecule has 1 aromatic rings. The lowest BCUT2D eigenvalue weighted by Gasteiger charge is -2.41. The maximum absolute atomic E-state index is 14.0. The summed E-state index contributed by atoms with van der Waals surface area (Å²) in [6.45, 7) is 4.00. The number of halogens is 3. The lowest BCUT2D eigenvalue weighted by atomic mass is 9.82. The molecule has 0 radical (unpaired) electrons. The zero-order chi connectivity index (χ0) is 23.3. The van der Waals surface area contributed by atoms with Gasteiger partial charge in [-0.05, 0) is 62.5 Å². The minimum absolute atomic E-state index is 0.121. The number of nitrogens with zero attached hydrogens (tertiary/aromatic N) is 1. The molecule has 2 heterocycles. The van der Waals surface area contributed by atoms with Crippen LogP contribution in [0.4, 0.5) is 13.2 Å². The quantitative estimate of drug-likeness (QED) is 0.532. The maximum atomic E-state index is 14.0. The van der Waals surface area contributed by atoms with Crippen molar-refractivity contribution < 1.29 is 18.0 Å². The van der Waals surface area contributed by atoms with E-state index in [2.05, 4.69) is 4.90 Å². The number of piperidine rings is 1. The largest absolute Gasteiger partial charge is 0.336 e. The highest BCUT2D eigenvalue weighted by Crippen LogP contribution is 2.41. The summed E-state index contributed by atoms with van der Waals surface area (Å²) in [5.41, 5.74) is 6.50. The zero-order valence-electron chi connectivity index (χ0n) is 19.3. The Bertz CT molecular complexity index is 758. The molecule has 3 nitrogen and oxygen atoms in total. The molecule has 1 saturated carbocycles. The molecule has 2 unspecified atom stereocenters. The van der Waals surface area contributed by atoms with Crippen LogP contribution in [-0.4, -0.2) is 39.9 Å². The Morgan fingerprint density at radius 3 is 2.22 bits per heavy atom. The normalized spacial score (nSPS) is 26.4. The van der Waals surface area contributed by atoms with Crippen LogP contribution < -0.4 is 5.73 Å². The molecule has 4 rings (SSSR count). The molecule has 2 bridgehead atoms. The van der Waals surface area contributed by atoms with Crippen LogP contribution in [-0.2, 0) is 11.2 Å². The van der Waals surface area contributed by atoms with Gasteiger partial charge < -0.3 is 10.6 Å². The lowest BCUT2D eigenvalue weighted by molar-refractivity contribution is -0.133. The summed E-state index contributed by atoms with van der Waals surface area (Å²) >= 11 is 1.82. The van der Waals surface area contributed by atoms with Gasteiger partial charge in [-0.1, -0.05) is 33.1 Å². The Labute approximate surface area is 194 Å². The number of hydrogen-bond acceptors (Lipinski definition) is 3. The van der Waals surface area contributed by atoms with E-state index in [1.54, 1.807) is 0 Å². The van der Waals surface area contributed by atoms with E-state index in [4.69, 9.17) is 5.73 Å². The third kappa shape index (κ3) is 6.02. The molecule has 2 aliphatic heterocycles. The highest BCUT2D eigenvalue weighted by Gasteiger charge is 2.44. The van der Waals surface area contributed by atoms with Gasteiger partial charge in [-0.25, -0.2) is 13.2 Å². The molecule has 7 heteroatoms. The van der Waals surface area contributed by atoms with Crippen LogP contribution in [0, 0.1) is 23.4 Å². The smallest absolute Gasteiger partial charge is 0.233 e. The number of nitrogens with two attached hydrogens (primary N) is 1. The van der Waals surface area contributed by atoms with Crippen LogP contribution in [0.2, 0.25) is 0 Å². The average molecular weight is 471 g/mol. The minimum atomic E-state index is -1.18. The summed E-state index contributed by atoms with van der Waals surface area (Å²) in [7, 11) is 0. The first-order valence-corrected chi connectivity index (χ1v) is 13.3. The fourth-order valence-corrected chi connectivity index (χ4v) is 6.81. The number of thioether (sulfide) groups is 1. The van der Waals surface area contributed by atoms with E-state index in [1.807, 2.05) is 25.6 Å². The van der Waals surface area contributed by atoms with Crippen molar-refractivity contribution in [2.75, 3.05) is 5.75 Å². The molecule has 0 aromatic heterocycles. The second-order valence-corrected chi connectivity index (χ2v) is 10.5. The highest BCUT2D eigenvalue weighted by molar-refractivity contribution is 8.00. The fourth-order valence-electron chi connectivity index (χ4n) is 5.61. The summed E-state index contributed by atoms with van der Waals surface area (Å²) in [5, 5.41) is 0.623. The number of rotatable bonds is 6. The number of carbonyl (C=O) groups excluding carboxylic acids is 1. The Morgan fingerprint density at radius 2 is 1.59 bits per heavy atom. The van der Waals surface area contributed by atoms with Crippen LogP contribution >= 0.6 is 11.8 Å². The van der Waals surface area contributed by atoms with Crippen LogP contribution in [0.25, 0.3) is 0 Å². The number of fused-ring (bicyclic) bond motifs is 2. The van der Waals surface area contributed by atoms with Crippen LogP contribution in [0.5, 0.6) is 0 Å². The van der Waals surface area contributed by atoms with E-state index in [9.17, 15) is 18.0 Å². The van der Waals surface area contributed by atoms with E-state index in [-0.39, 0.29) is 41.9 Å². The van der Waals surface area contributed by atoms with Gasteiger partial charge in [0.05, 0.1) is 5.75 Å².